The van der Waals surface area contributed by atoms with Crippen molar-refractivity contribution in [2.75, 3.05) is 26.7 Å². The highest BCUT2D eigenvalue weighted by Gasteiger charge is 2.32. The van der Waals surface area contributed by atoms with Crippen molar-refractivity contribution >= 4 is 0 Å². The third-order valence-electron chi connectivity index (χ3n) is 4.20. The van der Waals surface area contributed by atoms with Gasteiger partial charge in [0, 0.05) is 12.6 Å². The van der Waals surface area contributed by atoms with E-state index in [2.05, 4.69) is 31.1 Å². The molecule has 0 aromatic carbocycles. The number of hydrogen-bond acceptors (Lipinski definition) is 2. The Labute approximate surface area is 88.1 Å². The summed E-state index contributed by atoms with van der Waals surface area (Å²) in [7, 11) is 2.30. The van der Waals surface area contributed by atoms with E-state index in [9.17, 15) is 0 Å². The van der Waals surface area contributed by atoms with Crippen molar-refractivity contribution in [1.82, 2.24) is 10.2 Å². The van der Waals surface area contributed by atoms with Gasteiger partial charge < -0.3 is 10.2 Å². The zero-order chi connectivity index (χ0) is 10.1. The van der Waals surface area contributed by atoms with Gasteiger partial charge in [-0.05, 0) is 57.7 Å². The second-order valence-electron chi connectivity index (χ2n) is 5.41. The molecule has 0 spiro atoms. The number of hydrogen-bond donors (Lipinski definition) is 1. The predicted octanol–water partition coefficient (Wildman–Crippen LogP) is 1.57. The topological polar surface area (TPSA) is 15.3 Å². The summed E-state index contributed by atoms with van der Waals surface area (Å²) in [5.41, 5.74) is 0. The molecule has 2 aliphatic rings. The molecule has 0 aromatic heterocycles. The average molecular weight is 196 g/mol. The van der Waals surface area contributed by atoms with Crippen LogP contribution in [0.25, 0.3) is 0 Å². The lowest BCUT2D eigenvalue weighted by Gasteiger charge is -2.28. The first-order chi connectivity index (χ1) is 6.68. The fraction of sp³-hybridized carbons (Fsp3) is 1.00. The maximum atomic E-state index is 3.48. The molecule has 2 rings (SSSR count). The molecule has 14 heavy (non-hydrogen) atoms. The molecule has 1 aliphatic carbocycles. The summed E-state index contributed by atoms with van der Waals surface area (Å²) >= 11 is 0. The molecule has 1 aliphatic heterocycles. The van der Waals surface area contributed by atoms with Crippen molar-refractivity contribution in [3.05, 3.63) is 0 Å². The Morgan fingerprint density at radius 1 is 1.36 bits per heavy atom. The Morgan fingerprint density at radius 3 is 2.57 bits per heavy atom. The summed E-state index contributed by atoms with van der Waals surface area (Å²) in [5.74, 6) is 2.75. The monoisotopic (exact) mass is 196 g/mol. The molecule has 0 amide bonds. The molecule has 0 radical (unpaired) electrons. The van der Waals surface area contributed by atoms with E-state index >= 15 is 0 Å². The van der Waals surface area contributed by atoms with E-state index in [0.717, 1.165) is 23.8 Å². The summed E-state index contributed by atoms with van der Waals surface area (Å²) < 4.78 is 0. The van der Waals surface area contributed by atoms with Gasteiger partial charge in [0.1, 0.15) is 0 Å². The molecule has 1 N–H and O–H groups in total. The van der Waals surface area contributed by atoms with Gasteiger partial charge in [0.05, 0.1) is 0 Å². The number of nitrogens with zero attached hydrogens (tertiary/aromatic N) is 1. The minimum absolute atomic E-state index is 0.808. The standard InChI is InChI=1S/C12H24N2/c1-9-6-13-7-12(9)8-14(3)10(2)11-4-5-11/h9-13H,4-8H2,1-3H3/t9-,10?,12+/m1/s1. The molecule has 1 saturated carbocycles. The lowest BCUT2D eigenvalue weighted by molar-refractivity contribution is 0.190. The van der Waals surface area contributed by atoms with Crippen LogP contribution in [0.1, 0.15) is 26.7 Å². The van der Waals surface area contributed by atoms with Gasteiger partial charge in [-0.25, -0.2) is 0 Å². The fourth-order valence-electron chi connectivity index (χ4n) is 2.58. The van der Waals surface area contributed by atoms with Crippen LogP contribution in [0, 0.1) is 17.8 Å². The summed E-state index contributed by atoms with van der Waals surface area (Å²) in [4.78, 5) is 2.58. The van der Waals surface area contributed by atoms with Crippen LogP contribution in [0.4, 0.5) is 0 Å². The SMILES string of the molecule is CC(C1CC1)N(C)C[C@@H]1CNC[C@H]1C. The molecule has 2 heteroatoms. The van der Waals surface area contributed by atoms with Crippen LogP contribution in [0.3, 0.4) is 0 Å². The third kappa shape index (κ3) is 2.29. The van der Waals surface area contributed by atoms with Gasteiger partial charge in [0.2, 0.25) is 0 Å². The molecule has 1 heterocycles. The van der Waals surface area contributed by atoms with Gasteiger partial charge in [-0.15, -0.1) is 0 Å². The zero-order valence-electron chi connectivity index (χ0n) is 9.79. The maximum Gasteiger partial charge on any atom is 0.00922 e. The van der Waals surface area contributed by atoms with E-state index in [0.29, 0.717) is 0 Å². The number of nitrogens with one attached hydrogen (secondary N) is 1. The van der Waals surface area contributed by atoms with E-state index in [4.69, 9.17) is 0 Å². The van der Waals surface area contributed by atoms with Gasteiger partial charge in [0.15, 0.2) is 0 Å². The van der Waals surface area contributed by atoms with Crippen molar-refractivity contribution in [3.8, 4) is 0 Å². The van der Waals surface area contributed by atoms with Crippen LogP contribution in [0.15, 0.2) is 0 Å². The van der Waals surface area contributed by atoms with Crippen LogP contribution in [-0.4, -0.2) is 37.6 Å². The molecular weight excluding hydrogens is 172 g/mol. The summed E-state index contributed by atoms with van der Waals surface area (Å²) in [6, 6.07) is 0.808. The van der Waals surface area contributed by atoms with E-state index in [1.54, 1.807) is 0 Å². The van der Waals surface area contributed by atoms with Crippen LogP contribution in [0.2, 0.25) is 0 Å². The van der Waals surface area contributed by atoms with Crippen molar-refractivity contribution in [2.24, 2.45) is 17.8 Å². The lowest BCUT2D eigenvalue weighted by atomic mass is 9.97. The second-order valence-corrected chi connectivity index (χ2v) is 5.41. The van der Waals surface area contributed by atoms with Crippen molar-refractivity contribution < 1.29 is 0 Å². The molecule has 1 unspecified atom stereocenters. The predicted molar refractivity (Wildman–Crippen MR) is 60.3 cm³/mol. The van der Waals surface area contributed by atoms with Crippen LogP contribution >= 0.6 is 0 Å². The van der Waals surface area contributed by atoms with E-state index in [1.807, 2.05) is 0 Å². The molecule has 82 valence electrons. The zero-order valence-corrected chi connectivity index (χ0v) is 9.79. The first-order valence-electron chi connectivity index (χ1n) is 6.09. The van der Waals surface area contributed by atoms with Gasteiger partial charge in [-0.1, -0.05) is 6.92 Å². The Bertz CT molecular complexity index is 189. The molecule has 2 fully saturated rings. The number of rotatable bonds is 4. The van der Waals surface area contributed by atoms with Crippen LogP contribution in [0.5, 0.6) is 0 Å². The van der Waals surface area contributed by atoms with Crippen molar-refractivity contribution in [1.29, 1.82) is 0 Å². The molecule has 3 atom stereocenters. The first kappa shape index (κ1) is 10.4. The van der Waals surface area contributed by atoms with Gasteiger partial charge in [0.25, 0.3) is 0 Å². The Hall–Kier alpha value is -0.0800. The minimum Gasteiger partial charge on any atom is -0.316 e. The summed E-state index contributed by atoms with van der Waals surface area (Å²) in [6.07, 6.45) is 2.92. The minimum atomic E-state index is 0.808. The molecule has 0 aromatic rings. The Kier molecular flexibility index (Phi) is 3.13. The van der Waals surface area contributed by atoms with Gasteiger partial charge in [-0.2, -0.15) is 0 Å². The summed E-state index contributed by atoms with van der Waals surface area (Å²) in [6.45, 7) is 8.50. The molecule has 2 nitrogen and oxygen atoms in total. The van der Waals surface area contributed by atoms with Crippen molar-refractivity contribution in [3.63, 3.8) is 0 Å². The fourth-order valence-corrected chi connectivity index (χ4v) is 2.58. The van der Waals surface area contributed by atoms with E-state index < -0.39 is 0 Å². The van der Waals surface area contributed by atoms with Crippen LogP contribution in [-0.2, 0) is 0 Å². The average Bonchev–Trinajstić information content (AvgIpc) is 2.92. The third-order valence-corrected chi connectivity index (χ3v) is 4.20. The van der Waals surface area contributed by atoms with Gasteiger partial charge >= 0.3 is 0 Å². The second kappa shape index (κ2) is 4.19. The van der Waals surface area contributed by atoms with Gasteiger partial charge in [-0.3, -0.25) is 0 Å². The largest absolute Gasteiger partial charge is 0.316 e. The van der Waals surface area contributed by atoms with Crippen LogP contribution < -0.4 is 5.32 Å². The summed E-state index contributed by atoms with van der Waals surface area (Å²) in [5, 5.41) is 3.48. The van der Waals surface area contributed by atoms with Crippen molar-refractivity contribution in [2.45, 2.75) is 32.7 Å². The highest BCUT2D eigenvalue weighted by Crippen LogP contribution is 2.35. The highest BCUT2D eigenvalue weighted by atomic mass is 15.1. The normalized spacial score (nSPS) is 35.1. The Balaban J connectivity index is 1.77. The van der Waals surface area contributed by atoms with E-state index in [-0.39, 0.29) is 0 Å². The maximum absolute atomic E-state index is 3.48. The molecule has 0 bridgehead atoms. The quantitative estimate of drug-likeness (QED) is 0.734. The Morgan fingerprint density at radius 2 is 2.07 bits per heavy atom. The lowest BCUT2D eigenvalue weighted by Crippen LogP contribution is -2.36. The highest BCUT2D eigenvalue weighted by molar-refractivity contribution is 4.87. The molecule has 1 saturated heterocycles. The molecular formula is C12H24N2. The first-order valence-corrected chi connectivity index (χ1v) is 6.09. The van der Waals surface area contributed by atoms with E-state index in [1.165, 1.54) is 32.5 Å². The smallest absolute Gasteiger partial charge is 0.00922 e.